The first-order valence-corrected chi connectivity index (χ1v) is 7.27. The number of nitrogens with zero attached hydrogens (tertiary/aromatic N) is 1. The van der Waals surface area contributed by atoms with Gasteiger partial charge in [-0.1, -0.05) is 20.8 Å². The molecule has 0 aromatic heterocycles. The summed E-state index contributed by atoms with van der Waals surface area (Å²) in [6.07, 6.45) is -2.23. The van der Waals surface area contributed by atoms with Crippen LogP contribution < -0.4 is 5.32 Å². The zero-order valence-electron chi connectivity index (χ0n) is 12.4. The highest BCUT2D eigenvalue weighted by molar-refractivity contribution is 4.87. The predicted molar refractivity (Wildman–Crippen MR) is 72.1 cm³/mol. The van der Waals surface area contributed by atoms with Gasteiger partial charge < -0.3 is 5.32 Å². The van der Waals surface area contributed by atoms with Crippen molar-refractivity contribution in [1.82, 2.24) is 10.2 Å². The third-order valence-electron chi connectivity index (χ3n) is 4.26. The molecule has 1 aliphatic heterocycles. The van der Waals surface area contributed by atoms with E-state index in [1.165, 1.54) is 0 Å². The summed E-state index contributed by atoms with van der Waals surface area (Å²) in [4.78, 5) is 2.34. The van der Waals surface area contributed by atoms with Gasteiger partial charge in [-0.05, 0) is 31.6 Å². The first kappa shape index (κ1) is 16.8. The maximum atomic E-state index is 12.3. The first-order valence-electron chi connectivity index (χ1n) is 7.27. The van der Waals surface area contributed by atoms with Crippen LogP contribution in [0.15, 0.2) is 0 Å². The predicted octanol–water partition coefficient (Wildman–Crippen LogP) is 3.28. The van der Waals surface area contributed by atoms with Crippen LogP contribution in [0.1, 0.15) is 40.5 Å². The van der Waals surface area contributed by atoms with Gasteiger partial charge in [0.05, 0.1) is 6.54 Å². The maximum Gasteiger partial charge on any atom is 0.401 e. The van der Waals surface area contributed by atoms with E-state index in [1.54, 1.807) is 0 Å². The second-order valence-corrected chi connectivity index (χ2v) is 6.14. The number of halogens is 3. The van der Waals surface area contributed by atoms with E-state index in [1.807, 2.05) is 0 Å². The Kier molecular flexibility index (Phi) is 6.12. The highest BCUT2D eigenvalue weighted by Crippen LogP contribution is 2.26. The van der Waals surface area contributed by atoms with Gasteiger partial charge in [-0.3, -0.25) is 4.90 Å². The minimum Gasteiger partial charge on any atom is -0.305 e. The summed E-state index contributed by atoms with van der Waals surface area (Å²) in [7, 11) is 0. The number of hydrogen-bond acceptors (Lipinski definition) is 2. The van der Waals surface area contributed by atoms with Crippen LogP contribution in [-0.4, -0.2) is 42.8 Å². The van der Waals surface area contributed by atoms with E-state index in [2.05, 4.69) is 37.9 Å². The first-order chi connectivity index (χ1) is 8.73. The van der Waals surface area contributed by atoms with Gasteiger partial charge in [-0.15, -0.1) is 0 Å². The molecule has 5 heteroatoms. The Labute approximate surface area is 114 Å². The van der Waals surface area contributed by atoms with Crippen LogP contribution in [0.4, 0.5) is 13.2 Å². The summed E-state index contributed by atoms with van der Waals surface area (Å²) in [6, 6.07) is 0.397. The van der Waals surface area contributed by atoms with E-state index in [4.69, 9.17) is 0 Å². The molecule has 0 aromatic carbocycles. The molecule has 3 unspecified atom stereocenters. The molecule has 3 atom stereocenters. The summed E-state index contributed by atoms with van der Waals surface area (Å²) in [5.74, 6) is 0.996. The van der Waals surface area contributed by atoms with E-state index >= 15 is 0 Å². The SMILES string of the molecule is CCC(C)N1CC(NCC(F)(F)F)CC(C(C)C)C1. The van der Waals surface area contributed by atoms with E-state index in [0.29, 0.717) is 17.9 Å². The molecule has 1 heterocycles. The molecule has 0 aliphatic carbocycles. The molecule has 0 aromatic rings. The Bertz CT molecular complexity index is 266. The summed E-state index contributed by atoms with van der Waals surface area (Å²) in [6.45, 7) is 9.46. The third kappa shape index (κ3) is 5.69. The minimum atomic E-state index is -4.12. The highest BCUT2D eigenvalue weighted by atomic mass is 19.4. The van der Waals surface area contributed by atoms with Gasteiger partial charge in [-0.25, -0.2) is 0 Å². The molecule has 114 valence electrons. The lowest BCUT2D eigenvalue weighted by molar-refractivity contribution is -0.127. The molecule has 1 saturated heterocycles. The van der Waals surface area contributed by atoms with Crippen LogP contribution in [-0.2, 0) is 0 Å². The van der Waals surface area contributed by atoms with Crippen molar-refractivity contribution in [3.63, 3.8) is 0 Å². The second kappa shape index (κ2) is 6.93. The van der Waals surface area contributed by atoms with Crippen LogP contribution in [0.3, 0.4) is 0 Å². The van der Waals surface area contributed by atoms with Crippen molar-refractivity contribution in [3.05, 3.63) is 0 Å². The van der Waals surface area contributed by atoms with Gasteiger partial charge >= 0.3 is 6.18 Å². The van der Waals surface area contributed by atoms with Crippen molar-refractivity contribution in [2.75, 3.05) is 19.6 Å². The zero-order chi connectivity index (χ0) is 14.6. The molecule has 0 amide bonds. The normalized spacial score (nSPS) is 27.8. The van der Waals surface area contributed by atoms with Crippen LogP contribution in [0.5, 0.6) is 0 Å². The standard InChI is InChI=1S/C14H27F3N2/c1-5-11(4)19-7-12(10(2)3)6-13(8-19)18-9-14(15,16)17/h10-13,18H,5-9H2,1-4H3. The fourth-order valence-electron chi connectivity index (χ4n) is 2.68. The molecule has 1 fully saturated rings. The molecule has 1 N–H and O–H groups in total. The lowest BCUT2D eigenvalue weighted by Gasteiger charge is -2.42. The number of rotatable bonds is 5. The molecule has 19 heavy (non-hydrogen) atoms. The van der Waals surface area contributed by atoms with Gasteiger partial charge in [0.2, 0.25) is 0 Å². The number of likely N-dealkylation sites (tertiary alicyclic amines) is 1. The van der Waals surface area contributed by atoms with Crippen molar-refractivity contribution >= 4 is 0 Å². The molecular formula is C14H27F3N2. The maximum absolute atomic E-state index is 12.3. The number of piperidine rings is 1. The topological polar surface area (TPSA) is 15.3 Å². The summed E-state index contributed by atoms with van der Waals surface area (Å²) in [5.41, 5.74) is 0. The molecule has 0 bridgehead atoms. The summed E-state index contributed by atoms with van der Waals surface area (Å²) < 4.78 is 36.9. The quantitative estimate of drug-likeness (QED) is 0.831. The zero-order valence-corrected chi connectivity index (χ0v) is 12.4. The van der Waals surface area contributed by atoms with Crippen molar-refractivity contribution in [2.24, 2.45) is 11.8 Å². The van der Waals surface area contributed by atoms with E-state index in [0.717, 1.165) is 25.9 Å². The number of nitrogens with one attached hydrogen (secondary N) is 1. The van der Waals surface area contributed by atoms with Crippen LogP contribution in [0, 0.1) is 11.8 Å². The molecule has 0 radical (unpaired) electrons. The Balaban J connectivity index is 2.60. The summed E-state index contributed by atoms with van der Waals surface area (Å²) in [5, 5.41) is 2.69. The van der Waals surface area contributed by atoms with Crippen LogP contribution in [0.25, 0.3) is 0 Å². The Morgan fingerprint density at radius 1 is 1.21 bits per heavy atom. The second-order valence-electron chi connectivity index (χ2n) is 6.14. The molecule has 1 aliphatic rings. The van der Waals surface area contributed by atoms with Crippen molar-refractivity contribution < 1.29 is 13.2 Å². The molecule has 0 spiro atoms. The Morgan fingerprint density at radius 3 is 2.32 bits per heavy atom. The third-order valence-corrected chi connectivity index (χ3v) is 4.26. The van der Waals surface area contributed by atoms with Gasteiger partial charge in [0.15, 0.2) is 0 Å². The van der Waals surface area contributed by atoms with Gasteiger partial charge in [0.1, 0.15) is 0 Å². The fraction of sp³-hybridized carbons (Fsp3) is 1.00. The fourth-order valence-corrected chi connectivity index (χ4v) is 2.68. The van der Waals surface area contributed by atoms with E-state index in [9.17, 15) is 13.2 Å². The Hall–Kier alpha value is -0.290. The molecular weight excluding hydrogens is 253 g/mol. The van der Waals surface area contributed by atoms with Crippen molar-refractivity contribution in [3.8, 4) is 0 Å². The average Bonchev–Trinajstić information content (AvgIpc) is 2.34. The van der Waals surface area contributed by atoms with Crippen molar-refractivity contribution in [1.29, 1.82) is 0 Å². The Morgan fingerprint density at radius 2 is 1.84 bits per heavy atom. The molecule has 2 nitrogen and oxygen atoms in total. The smallest absolute Gasteiger partial charge is 0.305 e. The van der Waals surface area contributed by atoms with Gasteiger partial charge in [0.25, 0.3) is 0 Å². The largest absolute Gasteiger partial charge is 0.401 e. The number of alkyl halides is 3. The molecule has 0 saturated carbocycles. The lowest BCUT2D eigenvalue weighted by Crippen LogP contribution is -2.54. The lowest BCUT2D eigenvalue weighted by atomic mass is 9.85. The van der Waals surface area contributed by atoms with Gasteiger partial charge in [-0.2, -0.15) is 13.2 Å². The number of hydrogen-bond donors (Lipinski definition) is 1. The molecule has 1 rings (SSSR count). The van der Waals surface area contributed by atoms with Crippen LogP contribution in [0.2, 0.25) is 0 Å². The van der Waals surface area contributed by atoms with E-state index < -0.39 is 12.7 Å². The van der Waals surface area contributed by atoms with Crippen LogP contribution >= 0.6 is 0 Å². The van der Waals surface area contributed by atoms with E-state index in [-0.39, 0.29) is 6.04 Å². The highest BCUT2D eigenvalue weighted by Gasteiger charge is 2.33. The monoisotopic (exact) mass is 280 g/mol. The average molecular weight is 280 g/mol. The minimum absolute atomic E-state index is 0.0447. The summed E-state index contributed by atoms with van der Waals surface area (Å²) >= 11 is 0. The van der Waals surface area contributed by atoms with Crippen molar-refractivity contribution in [2.45, 2.75) is 58.8 Å². The van der Waals surface area contributed by atoms with Gasteiger partial charge in [0, 0.05) is 25.2 Å².